The molecule has 0 aromatic heterocycles. The van der Waals surface area contributed by atoms with E-state index in [2.05, 4.69) is 25.5 Å². The van der Waals surface area contributed by atoms with Gasteiger partial charge in [-0.2, -0.15) is 0 Å². The van der Waals surface area contributed by atoms with Gasteiger partial charge in [0.2, 0.25) is 10.0 Å². The largest absolute Gasteiger partial charge is 0.326 e. The Hall–Kier alpha value is -0.910. The van der Waals surface area contributed by atoms with Crippen LogP contribution in [0, 0.1) is 24.7 Å². The van der Waals surface area contributed by atoms with Crippen LogP contribution in [0.25, 0.3) is 0 Å². The van der Waals surface area contributed by atoms with Gasteiger partial charge < -0.3 is 5.73 Å². The molecule has 0 radical (unpaired) electrons. The SMILES string of the molecule is Cc1ccc(S(=O)(=O)N[C@H]2[C@H](N)[C@H](C)CC[C@H]2C(C)C)cc1. The number of benzene rings is 1. The fourth-order valence-electron chi connectivity index (χ4n) is 3.35. The van der Waals surface area contributed by atoms with Gasteiger partial charge >= 0.3 is 0 Å². The maximum Gasteiger partial charge on any atom is 0.240 e. The lowest BCUT2D eigenvalue weighted by molar-refractivity contribution is 0.160. The van der Waals surface area contributed by atoms with Crippen molar-refractivity contribution < 1.29 is 8.42 Å². The van der Waals surface area contributed by atoms with Gasteiger partial charge in [0.05, 0.1) is 4.90 Å². The number of nitrogens with two attached hydrogens (primary N) is 1. The van der Waals surface area contributed by atoms with Gasteiger partial charge in [0, 0.05) is 12.1 Å². The minimum Gasteiger partial charge on any atom is -0.326 e. The first kappa shape index (κ1) is 17.4. The maximum atomic E-state index is 12.7. The van der Waals surface area contributed by atoms with Crippen molar-refractivity contribution in [3.63, 3.8) is 0 Å². The zero-order chi connectivity index (χ0) is 16.5. The highest BCUT2D eigenvalue weighted by molar-refractivity contribution is 7.89. The highest BCUT2D eigenvalue weighted by atomic mass is 32.2. The van der Waals surface area contributed by atoms with Crippen LogP contribution < -0.4 is 10.5 Å². The molecule has 1 aliphatic rings. The second-order valence-corrected chi connectivity index (χ2v) is 8.71. The predicted molar refractivity (Wildman–Crippen MR) is 90.0 cm³/mol. The van der Waals surface area contributed by atoms with Crippen molar-refractivity contribution in [1.29, 1.82) is 0 Å². The highest BCUT2D eigenvalue weighted by Crippen LogP contribution is 2.33. The summed E-state index contributed by atoms with van der Waals surface area (Å²) in [6, 6.07) is 6.60. The third-order valence-electron chi connectivity index (χ3n) is 4.97. The second-order valence-electron chi connectivity index (χ2n) is 7.00. The molecule has 1 aromatic rings. The van der Waals surface area contributed by atoms with Gasteiger partial charge in [0.15, 0.2) is 0 Å². The fourth-order valence-corrected chi connectivity index (χ4v) is 4.67. The number of hydrogen-bond donors (Lipinski definition) is 2. The van der Waals surface area contributed by atoms with Crippen LogP contribution in [0.1, 0.15) is 39.2 Å². The smallest absolute Gasteiger partial charge is 0.240 e. The van der Waals surface area contributed by atoms with Crippen LogP contribution in [0.15, 0.2) is 29.2 Å². The van der Waals surface area contributed by atoms with Crippen LogP contribution in [0.3, 0.4) is 0 Å². The molecule has 4 atom stereocenters. The Bertz CT molecular complexity index is 596. The van der Waals surface area contributed by atoms with Crippen molar-refractivity contribution in [2.24, 2.45) is 23.5 Å². The van der Waals surface area contributed by atoms with Crippen LogP contribution >= 0.6 is 0 Å². The molecule has 0 unspecified atom stereocenters. The first-order chi connectivity index (χ1) is 10.2. The molecule has 0 saturated heterocycles. The van der Waals surface area contributed by atoms with E-state index >= 15 is 0 Å². The molecule has 3 N–H and O–H groups in total. The summed E-state index contributed by atoms with van der Waals surface area (Å²) in [6.07, 6.45) is 2.08. The van der Waals surface area contributed by atoms with Crippen molar-refractivity contribution >= 4 is 10.0 Å². The second kappa shape index (κ2) is 6.69. The van der Waals surface area contributed by atoms with E-state index in [9.17, 15) is 8.42 Å². The Kier molecular flexibility index (Phi) is 5.30. The highest BCUT2D eigenvalue weighted by Gasteiger charge is 2.39. The summed E-state index contributed by atoms with van der Waals surface area (Å²) in [7, 11) is -3.53. The zero-order valence-corrected chi connectivity index (χ0v) is 14.7. The van der Waals surface area contributed by atoms with Gasteiger partial charge in [-0.15, -0.1) is 0 Å². The van der Waals surface area contributed by atoms with Crippen LogP contribution in [0.4, 0.5) is 0 Å². The first-order valence-corrected chi connectivity index (χ1v) is 9.55. The first-order valence-electron chi connectivity index (χ1n) is 8.07. The molecule has 0 heterocycles. The molecule has 124 valence electrons. The number of hydrogen-bond acceptors (Lipinski definition) is 3. The van der Waals surface area contributed by atoms with Crippen molar-refractivity contribution in [3.05, 3.63) is 29.8 Å². The lowest BCUT2D eigenvalue weighted by Crippen LogP contribution is -2.57. The summed E-state index contributed by atoms with van der Waals surface area (Å²) in [6.45, 7) is 8.33. The van der Waals surface area contributed by atoms with E-state index in [1.165, 1.54) is 0 Å². The summed E-state index contributed by atoms with van der Waals surface area (Å²) >= 11 is 0. The summed E-state index contributed by atoms with van der Waals surface area (Å²) in [5.41, 5.74) is 7.38. The third-order valence-corrected chi connectivity index (χ3v) is 6.44. The lowest BCUT2D eigenvalue weighted by atomic mass is 9.72. The molecule has 0 spiro atoms. The van der Waals surface area contributed by atoms with Gasteiger partial charge in [0.25, 0.3) is 0 Å². The third kappa shape index (κ3) is 3.70. The molecule has 22 heavy (non-hydrogen) atoms. The normalized spacial score (nSPS) is 29.7. The van der Waals surface area contributed by atoms with Crippen LogP contribution in [-0.4, -0.2) is 20.5 Å². The van der Waals surface area contributed by atoms with E-state index < -0.39 is 10.0 Å². The van der Waals surface area contributed by atoms with Gasteiger partial charge in [0.1, 0.15) is 0 Å². The molecule has 1 fully saturated rings. The monoisotopic (exact) mass is 324 g/mol. The molecular weight excluding hydrogens is 296 g/mol. The van der Waals surface area contributed by atoms with Crippen LogP contribution in [0.2, 0.25) is 0 Å². The average molecular weight is 324 g/mol. The zero-order valence-electron chi connectivity index (χ0n) is 13.9. The van der Waals surface area contributed by atoms with Crippen molar-refractivity contribution in [2.45, 2.75) is 57.5 Å². The summed E-state index contributed by atoms with van der Waals surface area (Å²) in [5.74, 6) is 1.02. The van der Waals surface area contributed by atoms with Gasteiger partial charge in [-0.25, -0.2) is 13.1 Å². The van der Waals surface area contributed by atoms with Gasteiger partial charge in [-0.05, 0) is 49.7 Å². The van der Waals surface area contributed by atoms with E-state index in [0.717, 1.165) is 18.4 Å². The topological polar surface area (TPSA) is 72.2 Å². The molecule has 4 nitrogen and oxygen atoms in total. The number of aryl methyl sites for hydroxylation is 1. The summed E-state index contributed by atoms with van der Waals surface area (Å²) in [4.78, 5) is 0.311. The Labute approximate surface area is 134 Å². The Morgan fingerprint density at radius 1 is 1.18 bits per heavy atom. The maximum absolute atomic E-state index is 12.7. The molecule has 5 heteroatoms. The van der Waals surface area contributed by atoms with Gasteiger partial charge in [-0.3, -0.25) is 0 Å². The van der Waals surface area contributed by atoms with E-state index in [4.69, 9.17) is 5.73 Å². The lowest BCUT2D eigenvalue weighted by Gasteiger charge is -2.42. The number of nitrogens with one attached hydrogen (secondary N) is 1. The van der Waals surface area contributed by atoms with Crippen molar-refractivity contribution in [3.8, 4) is 0 Å². The van der Waals surface area contributed by atoms with E-state index in [-0.39, 0.29) is 18.0 Å². The average Bonchev–Trinajstić information content (AvgIpc) is 2.44. The molecule has 0 bridgehead atoms. The number of sulfonamides is 1. The fraction of sp³-hybridized carbons (Fsp3) is 0.647. The van der Waals surface area contributed by atoms with E-state index in [1.807, 2.05) is 19.1 Å². The Morgan fingerprint density at radius 3 is 2.32 bits per heavy atom. The van der Waals surface area contributed by atoms with Crippen molar-refractivity contribution in [2.75, 3.05) is 0 Å². The molecule has 0 aliphatic heterocycles. The Balaban J connectivity index is 2.26. The molecule has 1 aromatic carbocycles. The summed E-state index contributed by atoms with van der Waals surface area (Å²) < 4.78 is 28.2. The molecular formula is C17H28N2O2S. The molecule has 2 rings (SSSR count). The van der Waals surface area contributed by atoms with Crippen molar-refractivity contribution in [1.82, 2.24) is 4.72 Å². The standard InChI is InChI=1S/C17H28N2O2S/c1-11(2)15-10-7-13(4)16(18)17(15)19-22(20,21)14-8-5-12(3)6-9-14/h5-6,8-9,11,13,15-17,19H,7,10,18H2,1-4H3/t13-,15+,16-,17-/m1/s1. The minimum absolute atomic E-state index is 0.138. The van der Waals surface area contributed by atoms with E-state index in [0.29, 0.717) is 16.7 Å². The van der Waals surface area contributed by atoms with E-state index in [1.54, 1.807) is 12.1 Å². The predicted octanol–water partition coefficient (Wildman–Crippen LogP) is 2.67. The number of rotatable bonds is 4. The minimum atomic E-state index is -3.53. The molecule has 0 amide bonds. The van der Waals surface area contributed by atoms with Gasteiger partial charge in [-0.1, -0.05) is 38.5 Å². The Morgan fingerprint density at radius 2 is 1.77 bits per heavy atom. The van der Waals surface area contributed by atoms with Crippen LogP contribution in [0.5, 0.6) is 0 Å². The quantitative estimate of drug-likeness (QED) is 0.894. The molecule has 1 aliphatic carbocycles. The summed E-state index contributed by atoms with van der Waals surface area (Å²) in [5, 5.41) is 0. The van der Waals surface area contributed by atoms with Crippen LogP contribution in [-0.2, 0) is 10.0 Å². The molecule has 1 saturated carbocycles.